The number of hydrogen-bond acceptors (Lipinski definition) is 3. The minimum Gasteiger partial charge on any atom is -0.406 e. The third-order valence-corrected chi connectivity index (χ3v) is 5.87. The lowest BCUT2D eigenvalue weighted by Gasteiger charge is -2.10. The molecule has 0 aliphatic carbocycles. The topological polar surface area (TPSA) is 21.6 Å². The molecule has 2 aromatic carbocycles. The van der Waals surface area contributed by atoms with Gasteiger partial charge in [-0.1, -0.05) is 36.4 Å². The molecule has 0 amide bonds. The first-order valence-corrected chi connectivity index (χ1v) is 9.84. The highest BCUT2D eigenvalue weighted by atomic mass is 32.1. The van der Waals surface area contributed by atoms with Crippen molar-refractivity contribution in [1.82, 2.24) is 0 Å². The lowest BCUT2D eigenvalue weighted by molar-refractivity contribution is -0.274. The first kappa shape index (κ1) is 18.7. The number of aliphatic imine (C=N–C) groups is 1. The zero-order valence-corrected chi connectivity index (χ0v) is 16.0. The molecule has 1 aliphatic heterocycles. The van der Waals surface area contributed by atoms with Crippen molar-refractivity contribution in [2.24, 2.45) is 4.99 Å². The van der Waals surface area contributed by atoms with E-state index in [-0.39, 0.29) is 11.8 Å². The number of halogens is 3. The van der Waals surface area contributed by atoms with Gasteiger partial charge in [0, 0.05) is 0 Å². The second-order valence-corrected chi connectivity index (χ2v) is 7.67. The van der Waals surface area contributed by atoms with Gasteiger partial charge < -0.3 is 4.74 Å². The summed E-state index contributed by atoms with van der Waals surface area (Å²) >= 11 is 1.74. The Labute approximate surface area is 165 Å². The number of thiophene rings is 1. The Morgan fingerprint density at radius 1 is 0.964 bits per heavy atom. The molecule has 1 unspecified atom stereocenters. The van der Waals surface area contributed by atoms with Crippen LogP contribution in [0.5, 0.6) is 5.75 Å². The van der Waals surface area contributed by atoms with Crippen molar-refractivity contribution in [3.8, 4) is 16.9 Å². The Kier molecular flexibility index (Phi) is 4.98. The Morgan fingerprint density at radius 2 is 1.61 bits per heavy atom. The van der Waals surface area contributed by atoms with E-state index in [1.165, 1.54) is 28.3 Å². The van der Waals surface area contributed by atoms with E-state index in [0.29, 0.717) is 0 Å². The lowest BCUT2D eigenvalue weighted by atomic mass is 9.99. The third-order valence-electron chi connectivity index (χ3n) is 4.81. The van der Waals surface area contributed by atoms with Gasteiger partial charge in [-0.05, 0) is 65.6 Å². The molecule has 0 radical (unpaired) electrons. The monoisotopic (exact) mass is 401 g/mol. The maximum atomic E-state index is 12.3. The average Bonchev–Trinajstić information content (AvgIpc) is 3.30. The maximum absolute atomic E-state index is 12.3. The predicted molar refractivity (Wildman–Crippen MR) is 106 cm³/mol. The third kappa shape index (κ3) is 4.12. The molecule has 1 aromatic heterocycles. The zero-order valence-electron chi connectivity index (χ0n) is 15.2. The predicted octanol–water partition coefficient (Wildman–Crippen LogP) is 6.95. The van der Waals surface area contributed by atoms with Crippen LogP contribution in [0.3, 0.4) is 0 Å². The molecule has 0 spiro atoms. The van der Waals surface area contributed by atoms with Crippen LogP contribution in [0.1, 0.15) is 34.9 Å². The van der Waals surface area contributed by atoms with Crippen LogP contribution in [0.2, 0.25) is 0 Å². The Morgan fingerprint density at radius 3 is 2.18 bits per heavy atom. The van der Waals surface area contributed by atoms with Gasteiger partial charge in [0.15, 0.2) is 0 Å². The van der Waals surface area contributed by atoms with Gasteiger partial charge in [-0.3, -0.25) is 4.99 Å². The van der Waals surface area contributed by atoms with E-state index >= 15 is 0 Å². The fraction of sp³-hybridized carbons (Fsp3) is 0.227. The van der Waals surface area contributed by atoms with Crippen LogP contribution in [-0.4, -0.2) is 12.1 Å². The molecule has 4 rings (SSSR count). The summed E-state index contributed by atoms with van der Waals surface area (Å²) in [5.74, 6) is -0.218. The number of nitrogens with zero attached hydrogens (tertiary/aromatic N) is 1. The first-order chi connectivity index (χ1) is 13.4. The summed E-state index contributed by atoms with van der Waals surface area (Å²) in [6.07, 6.45) is -2.70. The smallest absolute Gasteiger partial charge is 0.406 e. The SMILES string of the molecule is Cc1ccsc1C1=NC(c2ccc(-c3ccc(OC(F)(F)F)cc3)cc2)CC1. The molecule has 6 heteroatoms. The fourth-order valence-corrected chi connectivity index (χ4v) is 4.37. The van der Waals surface area contributed by atoms with Gasteiger partial charge in [0.05, 0.1) is 16.6 Å². The first-order valence-electron chi connectivity index (χ1n) is 8.96. The van der Waals surface area contributed by atoms with E-state index in [1.807, 2.05) is 24.3 Å². The van der Waals surface area contributed by atoms with Crippen molar-refractivity contribution >= 4 is 17.0 Å². The van der Waals surface area contributed by atoms with Gasteiger partial charge in [0.25, 0.3) is 0 Å². The van der Waals surface area contributed by atoms with Crippen LogP contribution >= 0.6 is 11.3 Å². The number of rotatable bonds is 4. The highest BCUT2D eigenvalue weighted by Crippen LogP contribution is 2.34. The van der Waals surface area contributed by atoms with Crippen LogP contribution in [0.15, 0.2) is 65.0 Å². The van der Waals surface area contributed by atoms with Gasteiger partial charge in [-0.15, -0.1) is 24.5 Å². The van der Waals surface area contributed by atoms with Gasteiger partial charge in [0.2, 0.25) is 0 Å². The Hall–Kier alpha value is -2.60. The zero-order chi connectivity index (χ0) is 19.7. The van der Waals surface area contributed by atoms with E-state index in [9.17, 15) is 13.2 Å². The molecule has 2 nitrogen and oxygen atoms in total. The molecule has 0 bridgehead atoms. The quantitative estimate of drug-likeness (QED) is 0.464. The van der Waals surface area contributed by atoms with E-state index in [4.69, 9.17) is 4.99 Å². The molecule has 0 saturated carbocycles. The van der Waals surface area contributed by atoms with Crippen LogP contribution in [-0.2, 0) is 0 Å². The largest absolute Gasteiger partial charge is 0.573 e. The van der Waals surface area contributed by atoms with E-state index in [2.05, 4.69) is 23.1 Å². The summed E-state index contributed by atoms with van der Waals surface area (Å²) < 4.78 is 40.7. The van der Waals surface area contributed by atoms with E-state index < -0.39 is 6.36 Å². The number of alkyl halides is 3. The maximum Gasteiger partial charge on any atom is 0.573 e. The molecule has 28 heavy (non-hydrogen) atoms. The summed E-state index contributed by atoms with van der Waals surface area (Å²) in [7, 11) is 0. The van der Waals surface area contributed by atoms with Crippen molar-refractivity contribution < 1.29 is 17.9 Å². The normalized spacial score (nSPS) is 16.9. The summed E-state index contributed by atoms with van der Waals surface area (Å²) in [5.41, 5.74) is 5.40. The fourth-order valence-electron chi connectivity index (χ4n) is 3.42. The number of benzene rings is 2. The molecular weight excluding hydrogens is 383 g/mol. The highest BCUT2D eigenvalue weighted by molar-refractivity contribution is 7.12. The van der Waals surface area contributed by atoms with Gasteiger partial charge in [0.1, 0.15) is 5.75 Å². The van der Waals surface area contributed by atoms with Crippen LogP contribution < -0.4 is 4.74 Å². The molecule has 3 aromatic rings. The van der Waals surface area contributed by atoms with E-state index in [0.717, 1.165) is 29.5 Å². The number of aryl methyl sites for hydroxylation is 1. The Bertz CT molecular complexity index is 988. The number of hydrogen-bond donors (Lipinski definition) is 0. The minimum atomic E-state index is -4.68. The van der Waals surface area contributed by atoms with Gasteiger partial charge >= 0.3 is 6.36 Å². The van der Waals surface area contributed by atoms with Crippen LogP contribution in [0.4, 0.5) is 13.2 Å². The molecular formula is C22H18F3NOS. The summed E-state index contributed by atoms with van der Waals surface area (Å²) in [4.78, 5) is 6.19. The highest BCUT2D eigenvalue weighted by Gasteiger charge is 2.31. The minimum absolute atomic E-state index is 0.160. The van der Waals surface area contributed by atoms with Gasteiger partial charge in [-0.2, -0.15) is 0 Å². The van der Waals surface area contributed by atoms with Crippen molar-refractivity contribution in [3.63, 3.8) is 0 Å². The molecule has 0 fully saturated rings. The van der Waals surface area contributed by atoms with Crippen molar-refractivity contribution in [2.75, 3.05) is 0 Å². The van der Waals surface area contributed by atoms with Gasteiger partial charge in [-0.25, -0.2) is 0 Å². The van der Waals surface area contributed by atoms with Crippen molar-refractivity contribution in [2.45, 2.75) is 32.2 Å². The second kappa shape index (κ2) is 7.43. The number of ether oxygens (including phenoxy) is 1. The van der Waals surface area contributed by atoms with Crippen molar-refractivity contribution in [3.05, 3.63) is 76.0 Å². The lowest BCUT2D eigenvalue weighted by Crippen LogP contribution is -2.16. The molecule has 0 saturated heterocycles. The van der Waals surface area contributed by atoms with Crippen LogP contribution in [0, 0.1) is 6.92 Å². The van der Waals surface area contributed by atoms with Crippen molar-refractivity contribution in [1.29, 1.82) is 0 Å². The molecule has 0 N–H and O–H groups in total. The molecule has 144 valence electrons. The Balaban J connectivity index is 1.49. The van der Waals surface area contributed by atoms with E-state index in [1.54, 1.807) is 23.5 Å². The molecule has 1 aliphatic rings. The average molecular weight is 401 g/mol. The summed E-state index contributed by atoms with van der Waals surface area (Å²) in [6.45, 7) is 2.11. The molecule has 1 atom stereocenters. The van der Waals surface area contributed by atoms with Crippen LogP contribution in [0.25, 0.3) is 11.1 Å². The summed E-state index contributed by atoms with van der Waals surface area (Å²) in [5, 5.41) is 2.10. The second-order valence-electron chi connectivity index (χ2n) is 6.76. The summed E-state index contributed by atoms with van der Waals surface area (Å²) in [6, 6.07) is 16.3. The standard InChI is InChI=1S/C22H18F3NOS/c1-14-12-13-28-21(14)20-11-10-19(26-20)17-4-2-15(3-5-17)16-6-8-18(9-7-16)27-22(23,24)25/h2-9,12-13,19H,10-11H2,1H3. The molecule has 2 heterocycles.